The Labute approximate surface area is 315 Å². The summed E-state index contributed by atoms with van der Waals surface area (Å²) in [4.78, 5) is 14.5. The van der Waals surface area contributed by atoms with Crippen molar-refractivity contribution in [3.63, 3.8) is 0 Å². The van der Waals surface area contributed by atoms with Crippen molar-refractivity contribution in [3.8, 4) is 0 Å². The third-order valence-electron chi connectivity index (χ3n) is 11.0. The largest absolute Gasteiger partial charge is 0.343 e. The quantitative estimate of drug-likeness (QED) is 0.0570. The van der Waals surface area contributed by atoms with E-state index < -0.39 is 10.1 Å². The molecule has 0 aliphatic carbocycles. The van der Waals surface area contributed by atoms with Gasteiger partial charge in [0.15, 0.2) is 5.71 Å². The van der Waals surface area contributed by atoms with Crippen molar-refractivity contribution in [3.05, 3.63) is 132 Å². The number of carbonyl (C=O) groups excluding carboxylic acids is 1. The van der Waals surface area contributed by atoms with Gasteiger partial charge in [-0.05, 0) is 61.6 Å². The van der Waals surface area contributed by atoms with Gasteiger partial charge in [-0.15, -0.1) is 0 Å². The molecular formula is C46H53N2O4S+. The van der Waals surface area contributed by atoms with E-state index >= 15 is 0 Å². The lowest BCUT2D eigenvalue weighted by Crippen LogP contribution is -2.28. The highest BCUT2D eigenvalue weighted by Crippen LogP contribution is 2.51. The zero-order valence-electron chi connectivity index (χ0n) is 31.8. The molecule has 7 heteroatoms. The number of benzene rings is 4. The van der Waals surface area contributed by atoms with Gasteiger partial charge in [0.25, 0.3) is 10.1 Å². The molecule has 53 heavy (non-hydrogen) atoms. The van der Waals surface area contributed by atoms with E-state index in [9.17, 15) is 17.8 Å². The molecule has 0 radical (unpaired) electrons. The normalized spacial score (nSPS) is 17.4. The molecule has 6 rings (SSSR count). The third kappa shape index (κ3) is 8.02. The number of ketones is 1. The minimum atomic E-state index is -4.00. The van der Waals surface area contributed by atoms with Gasteiger partial charge in [0, 0.05) is 53.9 Å². The van der Waals surface area contributed by atoms with Crippen molar-refractivity contribution in [2.24, 2.45) is 0 Å². The maximum atomic E-state index is 12.0. The van der Waals surface area contributed by atoms with E-state index in [1.54, 1.807) is 0 Å². The zero-order valence-corrected chi connectivity index (χ0v) is 32.6. The van der Waals surface area contributed by atoms with Crippen LogP contribution >= 0.6 is 0 Å². The number of carbonyl (C=O) groups is 1. The molecule has 0 spiro atoms. The van der Waals surface area contributed by atoms with Gasteiger partial charge in [0.1, 0.15) is 12.3 Å². The van der Waals surface area contributed by atoms with E-state index in [-0.39, 0.29) is 16.6 Å². The Morgan fingerprint density at radius 3 is 2.11 bits per heavy atom. The molecule has 0 fully saturated rings. The molecule has 6 nitrogen and oxygen atoms in total. The van der Waals surface area contributed by atoms with Gasteiger partial charge in [0.2, 0.25) is 5.69 Å². The van der Waals surface area contributed by atoms with Crippen LogP contribution < -0.4 is 4.90 Å². The predicted molar refractivity (Wildman–Crippen MR) is 221 cm³/mol. The molecule has 0 amide bonds. The summed E-state index contributed by atoms with van der Waals surface area (Å²) < 4.78 is 34.5. The van der Waals surface area contributed by atoms with Crippen LogP contribution in [0.5, 0.6) is 0 Å². The number of Topliss-reactive ketones (excluding diaryl/α,β-unsaturated/α-hetero) is 1. The van der Waals surface area contributed by atoms with Crippen LogP contribution in [0.3, 0.4) is 0 Å². The molecule has 0 atom stereocenters. The Morgan fingerprint density at radius 1 is 0.755 bits per heavy atom. The summed E-state index contributed by atoms with van der Waals surface area (Å²) in [6, 6.07) is 25.9. The van der Waals surface area contributed by atoms with E-state index in [0.29, 0.717) is 38.0 Å². The molecule has 4 aromatic rings. The standard InChI is InChI=1S/C46H52N2O4S/c1-6-36(49)22-16-17-31-47-41(45(2,3)39-29-27-34-20-12-14-23-37(34)43(39)47)25-10-8-7-9-11-26-42-46(4,5)40-30-28-35-21-13-15-24-38(35)44(40)48(42)32-18-19-33-53(50,51)52/h7-15,20-21,23-30H,6,16-19,22,31-33H2,1-5H3/p+1. The number of allylic oxidation sites excluding steroid dienone is 8. The molecule has 4 aromatic carbocycles. The minimum Gasteiger partial charge on any atom is -0.343 e. The van der Waals surface area contributed by atoms with E-state index in [0.717, 1.165) is 25.1 Å². The number of anilines is 1. The SMILES string of the molecule is CCC(=O)CCCCN1/C(=C/C=C/C=C/C=C/C2=[N+](CCCCS(=O)(=O)O)c3c(ccc4ccccc34)C2(C)C)C(C)(C)c2ccc3ccccc3c21. The molecule has 276 valence electrons. The van der Waals surface area contributed by atoms with Gasteiger partial charge in [0.05, 0.1) is 22.2 Å². The second-order valence-corrected chi connectivity index (χ2v) is 16.9. The zero-order chi connectivity index (χ0) is 37.8. The van der Waals surface area contributed by atoms with E-state index in [1.807, 2.05) is 13.0 Å². The fraction of sp³-hybridized carbons (Fsp3) is 0.348. The highest BCUT2D eigenvalue weighted by atomic mass is 32.2. The van der Waals surface area contributed by atoms with Crippen LogP contribution in [0.1, 0.15) is 84.3 Å². The van der Waals surface area contributed by atoms with Crippen molar-refractivity contribution in [2.45, 2.75) is 84.0 Å². The second kappa shape index (κ2) is 15.8. The highest BCUT2D eigenvalue weighted by molar-refractivity contribution is 7.85. The molecule has 0 unspecified atom stereocenters. The summed E-state index contributed by atoms with van der Waals surface area (Å²) >= 11 is 0. The van der Waals surface area contributed by atoms with Crippen molar-refractivity contribution in [1.29, 1.82) is 0 Å². The Morgan fingerprint density at radius 2 is 1.40 bits per heavy atom. The van der Waals surface area contributed by atoms with Crippen molar-refractivity contribution in [1.82, 2.24) is 0 Å². The topological polar surface area (TPSA) is 77.7 Å². The first kappa shape index (κ1) is 38.1. The Balaban J connectivity index is 1.26. The van der Waals surface area contributed by atoms with Crippen LogP contribution in [0, 0.1) is 0 Å². The number of hydrogen-bond donors (Lipinski definition) is 1. The number of hydrogen-bond acceptors (Lipinski definition) is 4. The molecule has 0 bridgehead atoms. The Hall–Kier alpha value is -4.59. The molecule has 2 aliphatic heterocycles. The van der Waals surface area contributed by atoms with Gasteiger partial charge in [-0.2, -0.15) is 13.0 Å². The van der Waals surface area contributed by atoms with Gasteiger partial charge in [-0.1, -0.05) is 118 Å². The molecular weight excluding hydrogens is 677 g/mol. The first-order valence-corrected chi connectivity index (χ1v) is 20.6. The number of rotatable bonds is 15. The average molecular weight is 730 g/mol. The van der Waals surface area contributed by atoms with E-state index in [2.05, 4.69) is 146 Å². The number of unbranched alkanes of at least 4 members (excludes halogenated alkanes) is 2. The fourth-order valence-electron chi connectivity index (χ4n) is 8.16. The first-order valence-electron chi connectivity index (χ1n) is 19.0. The maximum Gasteiger partial charge on any atom is 0.264 e. The van der Waals surface area contributed by atoms with Crippen molar-refractivity contribution in [2.75, 3.05) is 23.7 Å². The third-order valence-corrected chi connectivity index (χ3v) is 11.8. The number of fused-ring (bicyclic) bond motifs is 6. The summed E-state index contributed by atoms with van der Waals surface area (Å²) in [5.41, 5.74) is 6.99. The average Bonchev–Trinajstić information content (AvgIpc) is 3.49. The lowest BCUT2D eigenvalue weighted by Gasteiger charge is -2.27. The van der Waals surface area contributed by atoms with Gasteiger partial charge >= 0.3 is 0 Å². The Kier molecular flexibility index (Phi) is 11.4. The summed E-state index contributed by atoms with van der Waals surface area (Å²) in [6.45, 7) is 12.5. The van der Waals surface area contributed by atoms with E-state index in [4.69, 9.17) is 0 Å². The van der Waals surface area contributed by atoms with Crippen molar-refractivity contribution >= 4 is 54.5 Å². The summed E-state index contributed by atoms with van der Waals surface area (Å²) in [6.07, 6.45) is 18.9. The van der Waals surface area contributed by atoms with Crippen LogP contribution in [-0.4, -0.2) is 47.9 Å². The lowest BCUT2D eigenvalue weighted by atomic mass is 9.80. The van der Waals surface area contributed by atoms with Crippen LogP contribution in [0.15, 0.2) is 121 Å². The van der Waals surface area contributed by atoms with Gasteiger partial charge < -0.3 is 4.90 Å². The molecule has 1 N–H and O–H groups in total. The molecule has 0 aromatic heterocycles. The summed E-state index contributed by atoms with van der Waals surface area (Å²) in [7, 11) is -4.00. The smallest absolute Gasteiger partial charge is 0.264 e. The van der Waals surface area contributed by atoms with Crippen LogP contribution in [0.4, 0.5) is 11.4 Å². The number of nitrogens with zero attached hydrogens (tertiary/aromatic N) is 2. The molecule has 0 saturated carbocycles. The molecule has 2 aliphatic rings. The van der Waals surface area contributed by atoms with Crippen LogP contribution in [-0.2, 0) is 25.7 Å². The second-order valence-electron chi connectivity index (χ2n) is 15.3. The monoisotopic (exact) mass is 729 g/mol. The van der Waals surface area contributed by atoms with Gasteiger partial charge in [-0.3, -0.25) is 9.35 Å². The molecule has 0 saturated heterocycles. The van der Waals surface area contributed by atoms with Crippen LogP contribution in [0.2, 0.25) is 0 Å². The van der Waals surface area contributed by atoms with E-state index in [1.165, 1.54) is 49.7 Å². The lowest BCUT2D eigenvalue weighted by molar-refractivity contribution is -0.436. The summed E-state index contributed by atoms with van der Waals surface area (Å²) in [5.74, 6) is 0.0918. The predicted octanol–water partition coefficient (Wildman–Crippen LogP) is 10.5. The first-order chi connectivity index (χ1) is 25.3. The fourth-order valence-corrected chi connectivity index (χ4v) is 8.73. The van der Waals surface area contributed by atoms with Crippen LogP contribution in [0.25, 0.3) is 21.5 Å². The van der Waals surface area contributed by atoms with Gasteiger partial charge in [-0.25, -0.2) is 0 Å². The Bertz CT molecular complexity index is 2290. The minimum absolute atomic E-state index is 0.179. The summed E-state index contributed by atoms with van der Waals surface area (Å²) in [5, 5.41) is 4.84. The van der Waals surface area contributed by atoms with Crippen molar-refractivity contribution < 1.29 is 22.3 Å². The highest BCUT2D eigenvalue weighted by Gasteiger charge is 2.45. The maximum absolute atomic E-state index is 12.0. The molecule has 2 heterocycles.